The van der Waals surface area contributed by atoms with E-state index in [0.717, 1.165) is 22.3 Å². The van der Waals surface area contributed by atoms with Gasteiger partial charge in [0.1, 0.15) is 35.2 Å². The van der Waals surface area contributed by atoms with Crippen LogP contribution in [0.15, 0.2) is 55.1 Å². The topological polar surface area (TPSA) is 69.4 Å². The summed E-state index contributed by atoms with van der Waals surface area (Å²) in [6, 6.07) is 13.4. The number of fused-ring (bicyclic) bond motifs is 1. The van der Waals surface area contributed by atoms with Gasteiger partial charge in [-0.3, -0.25) is 0 Å². The van der Waals surface area contributed by atoms with E-state index in [1.165, 1.54) is 0 Å². The molecule has 1 N–H and O–H groups in total. The molecule has 6 nitrogen and oxygen atoms in total. The summed E-state index contributed by atoms with van der Waals surface area (Å²) >= 11 is 0. The van der Waals surface area contributed by atoms with Crippen LogP contribution in [0, 0.1) is 6.92 Å². The fraction of sp³-hybridized carbons (Fsp3) is 0.263. The predicted molar refractivity (Wildman–Crippen MR) is 96.1 cm³/mol. The monoisotopic (exact) mass is 339 g/mol. The van der Waals surface area contributed by atoms with E-state index >= 15 is 0 Å². The molecule has 0 saturated carbocycles. The molecule has 0 amide bonds. The summed E-state index contributed by atoms with van der Waals surface area (Å²) in [5.41, 5.74) is 3.43. The van der Waals surface area contributed by atoms with Crippen molar-refractivity contribution in [2.45, 2.75) is 13.0 Å². The fourth-order valence-corrected chi connectivity index (χ4v) is 2.39. The molecule has 0 fully saturated rings. The molecule has 1 heterocycles. The summed E-state index contributed by atoms with van der Waals surface area (Å²) in [6.07, 6.45) is 0.915. The zero-order valence-electron chi connectivity index (χ0n) is 14.1. The maximum Gasteiger partial charge on any atom is 0.146 e. The zero-order valence-corrected chi connectivity index (χ0v) is 14.1. The molecule has 0 aliphatic heterocycles. The Labute approximate surface area is 146 Å². The molecular weight excluding hydrogens is 318 g/mol. The van der Waals surface area contributed by atoms with Crippen molar-refractivity contribution in [1.29, 1.82) is 0 Å². The first-order valence-corrected chi connectivity index (χ1v) is 8.10. The van der Waals surface area contributed by atoms with E-state index in [-0.39, 0.29) is 13.2 Å². The minimum absolute atomic E-state index is 0.119. The Bertz CT molecular complexity index is 827. The summed E-state index contributed by atoms with van der Waals surface area (Å²) in [5, 5.41) is 18.9. The molecule has 1 aromatic heterocycles. The molecule has 3 aromatic rings. The second kappa shape index (κ2) is 7.92. The number of hydrogen-bond acceptors (Lipinski definition) is 5. The second-order valence-electron chi connectivity index (χ2n) is 5.74. The molecule has 0 radical (unpaired) electrons. The summed E-state index contributed by atoms with van der Waals surface area (Å²) in [4.78, 5) is 1.56. The molecule has 1 unspecified atom stereocenters. The first kappa shape index (κ1) is 17.1. The highest BCUT2D eigenvalue weighted by Crippen LogP contribution is 2.24. The van der Waals surface area contributed by atoms with Gasteiger partial charge < -0.3 is 14.6 Å². The van der Waals surface area contributed by atoms with Crippen LogP contribution in [0.2, 0.25) is 0 Å². The number of benzene rings is 2. The molecule has 0 spiro atoms. The van der Waals surface area contributed by atoms with Crippen molar-refractivity contribution < 1.29 is 14.6 Å². The third-order valence-corrected chi connectivity index (χ3v) is 3.59. The maximum atomic E-state index is 9.95. The summed E-state index contributed by atoms with van der Waals surface area (Å²) < 4.78 is 11.0. The van der Waals surface area contributed by atoms with Gasteiger partial charge in [-0.2, -0.15) is 0 Å². The molecule has 25 heavy (non-hydrogen) atoms. The van der Waals surface area contributed by atoms with Gasteiger partial charge in [0.15, 0.2) is 0 Å². The number of aryl methyl sites for hydroxylation is 1. The first-order chi connectivity index (χ1) is 12.2. The molecule has 1 atom stereocenters. The summed E-state index contributed by atoms with van der Waals surface area (Å²) in [5.74, 6) is 0.605. The molecule has 130 valence electrons. The third-order valence-electron chi connectivity index (χ3n) is 3.59. The van der Waals surface area contributed by atoms with E-state index in [4.69, 9.17) is 9.47 Å². The van der Waals surface area contributed by atoms with Gasteiger partial charge in [-0.1, -0.05) is 24.3 Å². The molecule has 6 heteroatoms. The molecule has 3 rings (SSSR count). The van der Waals surface area contributed by atoms with Crippen molar-refractivity contribution in [3.05, 3.63) is 60.7 Å². The van der Waals surface area contributed by atoms with Gasteiger partial charge >= 0.3 is 0 Å². The van der Waals surface area contributed by atoms with Crippen molar-refractivity contribution in [2.75, 3.05) is 19.8 Å². The summed E-state index contributed by atoms with van der Waals surface area (Å²) in [7, 11) is 0. The largest absolute Gasteiger partial charge is 0.488 e. The maximum absolute atomic E-state index is 9.95. The Hall–Kier alpha value is -2.70. The molecule has 0 aliphatic rings. The van der Waals surface area contributed by atoms with Gasteiger partial charge in [0, 0.05) is 0 Å². The van der Waals surface area contributed by atoms with Crippen LogP contribution in [0.1, 0.15) is 5.56 Å². The molecule has 2 aromatic carbocycles. The van der Waals surface area contributed by atoms with Gasteiger partial charge in [-0.15, -0.1) is 21.6 Å². The lowest BCUT2D eigenvalue weighted by Crippen LogP contribution is -2.24. The van der Waals surface area contributed by atoms with Crippen LogP contribution in [0.5, 0.6) is 5.75 Å². The Morgan fingerprint density at radius 2 is 1.88 bits per heavy atom. The summed E-state index contributed by atoms with van der Waals surface area (Å²) in [6.45, 7) is 6.27. The van der Waals surface area contributed by atoms with Crippen molar-refractivity contribution in [3.63, 3.8) is 0 Å². The Kier molecular flexibility index (Phi) is 5.42. The number of aliphatic hydroxyl groups excluding tert-OH is 1. The highest BCUT2D eigenvalue weighted by molar-refractivity contribution is 5.73. The minimum Gasteiger partial charge on any atom is -0.488 e. The lowest BCUT2D eigenvalue weighted by atomic mass is 10.2. The van der Waals surface area contributed by atoms with Crippen LogP contribution in [0.25, 0.3) is 16.7 Å². The van der Waals surface area contributed by atoms with E-state index < -0.39 is 6.10 Å². The van der Waals surface area contributed by atoms with Crippen LogP contribution in [0.3, 0.4) is 0 Å². The first-order valence-electron chi connectivity index (χ1n) is 8.10. The number of ether oxygens (including phenoxy) is 2. The lowest BCUT2D eigenvalue weighted by Gasteiger charge is -2.15. The van der Waals surface area contributed by atoms with Crippen LogP contribution in [0.4, 0.5) is 0 Å². The van der Waals surface area contributed by atoms with E-state index in [2.05, 4.69) is 16.8 Å². The van der Waals surface area contributed by atoms with Gasteiger partial charge in [0.2, 0.25) is 0 Å². The van der Waals surface area contributed by atoms with Crippen molar-refractivity contribution >= 4 is 11.0 Å². The quantitative estimate of drug-likeness (QED) is 0.505. The average molecular weight is 339 g/mol. The normalized spacial score (nSPS) is 12.2. The number of aliphatic hydroxyl groups is 1. The van der Waals surface area contributed by atoms with E-state index in [9.17, 15) is 5.11 Å². The number of aromatic nitrogens is 3. The standard InChI is InChI=1S/C19H21N3O3/c1-3-10-24-12-15(23)13-25-19-9-8-14(2)11-18(19)22-20-16-6-4-5-7-17(16)21-22/h3-9,11,15,23H,1,10,12-13H2,2H3. The van der Waals surface area contributed by atoms with Gasteiger partial charge in [0.05, 0.1) is 13.2 Å². The number of hydrogen-bond donors (Lipinski definition) is 1. The Morgan fingerprint density at radius 3 is 2.56 bits per heavy atom. The van der Waals surface area contributed by atoms with Crippen LogP contribution >= 0.6 is 0 Å². The van der Waals surface area contributed by atoms with E-state index in [1.807, 2.05) is 49.4 Å². The van der Waals surface area contributed by atoms with Gasteiger partial charge in [-0.25, -0.2) is 0 Å². The van der Waals surface area contributed by atoms with E-state index in [1.54, 1.807) is 10.9 Å². The van der Waals surface area contributed by atoms with Crippen LogP contribution in [-0.2, 0) is 4.74 Å². The van der Waals surface area contributed by atoms with Crippen LogP contribution in [-0.4, -0.2) is 46.0 Å². The third kappa shape index (κ3) is 4.23. The molecular formula is C19H21N3O3. The smallest absolute Gasteiger partial charge is 0.146 e. The Morgan fingerprint density at radius 1 is 1.16 bits per heavy atom. The predicted octanol–water partition coefficient (Wildman–Crippen LogP) is 2.67. The van der Waals surface area contributed by atoms with Gasteiger partial charge in [-0.05, 0) is 36.8 Å². The molecule has 0 saturated heterocycles. The highest BCUT2D eigenvalue weighted by Gasteiger charge is 2.13. The number of nitrogens with zero attached hydrogens (tertiary/aromatic N) is 3. The van der Waals surface area contributed by atoms with E-state index in [0.29, 0.717) is 12.4 Å². The zero-order chi connectivity index (χ0) is 17.6. The van der Waals surface area contributed by atoms with Crippen molar-refractivity contribution in [1.82, 2.24) is 15.0 Å². The van der Waals surface area contributed by atoms with Crippen molar-refractivity contribution in [3.8, 4) is 11.4 Å². The minimum atomic E-state index is -0.723. The average Bonchev–Trinajstić information content (AvgIpc) is 3.05. The lowest BCUT2D eigenvalue weighted by molar-refractivity contribution is 0.0213. The highest BCUT2D eigenvalue weighted by atomic mass is 16.5. The van der Waals surface area contributed by atoms with Gasteiger partial charge in [0.25, 0.3) is 0 Å². The number of rotatable bonds is 8. The fourth-order valence-electron chi connectivity index (χ4n) is 2.39. The second-order valence-corrected chi connectivity index (χ2v) is 5.74. The van der Waals surface area contributed by atoms with Crippen LogP contribution < -0.4 is 4.74 Å². The SMILES string of the molecule is C=CCOCC(O)COc1ccc(C)cc1-n1nc2ccccc2n1. The van der Waals surface area contributed by atoms with Crippen molar-refractivity contribution in [2.24, 2.45) is 0 Å². The Balaban J connectivity index is 1.79. The molecule has 0 bridgehead atoms. The molecule has 0 aliphatic carbocycles.